The first-order chi connectivity index (χ1) is 17.4. The third-order valence-electron chi connectivity index (χ3n) is 5.98. The van der Waals surface area contributed by atoms with Crippen LogP contribution in [0.1, 0.15) is 97.8 Å². The maximum absolute atomic E-state index is 10.9. The quantitative estimate of drug-likeness (QED) is 0.157. The van der Waals surface area contributed by atoms with E-state index in [2.05, 4.69) is 0 Å². The molecule has 2 rings (SSSR count). The predicted molar refractivity (Wildman–Crippen MR) is 137 cm³/mol. The van der Waals surface area contributed by atoms with Gasteiger partial charge in [-0.25, -0.2) is 9.59 Å². The van der Waals surface area contributed by atoms with E-state index >= 15 is 0 Å². The van der Waals surface area contributed by atoms with Crippen LogP contribution in [-0.4, -0.2) is 45.6 Å². The van der Waals surface area contributed by atoms with E-state index in [0.29, 0.717) is 24.7 Å². The minimum Gasteiger partial charge on any atom is -0.507 e. The number of carboxylic acids is 2. The van der Waals surface area contributed by atoms with Crippen molar-refractivity contribution in [3.63, 3.8) is 0 Å². The van der Waals surface area contributed by atoms with E-state index < -0.39 is 11.9 Å². The Morgan fingerprint density at radius 1 is 0.528 bits per heavy atom. The zero-order valence-electron chi connectivity index (χ0n) is 20.8. The Bertz CT molecular complexity index is 879. The number of aromatic hydroxyl groups is 2. The lowest BCUT2D eigenvalue weighted by molar-refractivity contribution is 0.0682. The van der Waals surface area contributed by atoms with Gasteiger partial charge in [0.15, 0.2) is 0 Å². The van der Waals surface area contributed by atoms with Gasteiger partial charge in [0.2, 0.25) is 0 Å². The minimum absolute atomic E-state index is 0.126. The van der Waals surface area contributed by atoms with Gasteiger partial charge < -0.3 is 29.9 Å². The zero-order valence-corrected chi connectivity index (χ0v) is 20.8. The molecular weight excluding hydrogens is 464 g/mol. The van der Waals surface area contributed by atoms with E-state index in [9.17, 15) is 19.8 Å². The van der Waals surface area contributed by atoms with Gasteiger partial charge in [-0.05, 0) is 37.1 Å². The highest BCUT2D eigenvalue weighted by atomic mass is 16.5. The van der Waals surface area contributed by atoms with Crippen molar-refractivity contribution in [3.8, 4) is 23.0 Å². The summed E-state index contributed by atoms with van der Waals surface area (Å²) in [5.74, 6) is -1.91. The molecule has 0 aliphatic carbocycles. The van der Waals surface area contributed by atoms with Crippen molar-refractivity contribution >= 4 is 11.9 Å². The molecule has 0 aromatic heterocycles. The van der Waals surface area contributed by atoms with E-state index in [1.54, 1.807) is 12.1 Å². The highest BCUT2D eigenvalue weighted by Gasteiger charge is 2.11. The lowest BCUT2D eigenvalue weighted by Gasteiger charge is -2.08. The summed E-state index contributed by atoms with van der Waals surface area (Å²) in [7, 11) is 0. The van der Waals surface area contributed by atoms with E-state index in [1.165, 1.54) is 75.6 Å². The van der Waals surface area contributed by atoms with Gasteiger partial charge in [0.1, 0.15) is 34.1 Å². The lowest BCUT2D eigenvalue weighted by Crippen LogP contribution is -2.00. The molecule has 0 aliphatic rings. The zero-order chi connectivity index (χ0) is 26.2. The van der Waals surface area contributed by atoms with Crippen LogP contribution in [-0.2, 0) is 0 Å². The van der Waals surface area contributed by atoms with Crippen molar-refractivity contribution < 1.29 is 39.5 Å². The molecular formula is C28H38O8. The van der Waals surface area contributed by atoms with Crippen LogP contribution < -0.4 is 9.47 Å². The number of carboxylic acid groups (broad SMARTS) is 2. The molecule has 0 aliphatic heterocycles. The van der Waals surface area contributed by atoms with Gasteiger partial charge in [-0.1, -0.05) is 64.2 Å². The number of benzene rings is 2. The molecule has 8 nitrogen and oxygen atoms in total. The maximum atomic E-state index is 10.9. The average molecular weight is 503 g/mol. The highest BCUT2D eigenvalue weighted by Crippen LogP contribution is 2.25. The fourth-order valence-corrected chi connectivity index (χ4v) is 3.92. The first kappa shape index (κ1) is 28.8. The summed E-state index contributed by atoms with van der Waals surface area (Å²) >= 11 is 0. The van der Waals surface area contributed by atoms with Crippen molar-refractivity contribution in [2.75, 3.05) is 13.2 Å². The maximum Gasteiger partial charge on any atom is 0.339 e. The monoisotopic (exact) mass is 502 g/mol. The number of unbranched alkanes of at least 4 members (excludes halogenated alkanes) is 11. The van der Waals surface area contributed by atoms with Crippen LogP contribution >= 0.6 is 0 Å². The minimum atomic E-state index is -1.16. The first-order valence-electron chi connectivity index (χ1n) is 12.8. The Kier molecular flexibility index (Phi) is 13.0. The molecule has 0 bridgehead atoms. The third-order valence-corrected chi connectivity index (χ3v) is 5.98. The number of ether oxygens (including phenoxy) is 2. The molecule has 0 amide bonds. The molecule has 36 heavy (non-hydrogen) atoms. The topological polar surface area (TPSA) is 134 Å². The van der Waals surface area contributed by atoms with Crippen LogP contribution in [0.15, 0.2) is 36.4 Å². The number of hydrogen-bond donors (Lipinski definition) is 4. The van der Waals surface area contributed by atoms with E-state index in [-0.39, 0.29) is 22.6 Å². The summed E-state index contributed by atoms with van der Waals surface area (Å²) in [5, 5.41) is 37.1. The first-order valence-corrected chi connectivity index (χ1v) is 12.8. The van der Waals surface area contributed by atoms with Gasteiger partial charge in [0.05, 0.1) is 13.2 Å². The SMILES string of the molecule is O=C(O)c1ccc(OCCCCCCCCCCCCCCOc2ccc(C(=O)O)c(O)c2)cc1O. The highest BCUT2D eigenvalue weighted by molar-refractivity contribution is 5.91. The Hall–Kier alpha value is -3.42. The summed E-state index contributed by atoms with van der Waals surface area (Å²) in [6, 6.07) is 8.51. The van der Waals surface area contributed by atoms with E-state index in [0.717, 1.165) is 25.7 Å². The third kappa shape index (κ3) is 10.9. The fraction of sp³-hybridized carbons (Fsp3) is 0.500. The van der Waals surface area contributed by atoms with Gasteiger partial charge in [0.25, 0.3) is 0 Å². The van der Waals surface area contributed by atoms with Gasteiger partial charge in [-0.15, -0.1) is 0 Å². The van der Waals surface area contributed by atoms with Crippen LogP contribution in [0.3, 0.4) is 0 Å². The number of rotatable bonds is 19. The van der Waals surface area contributed by atoms with Crippen LogP contribution in [0.25, 0.3) is 0 Å². The molecule has 0 heterocycles. The standard InChI is InChI=1S/C28H38O8/c29-25-19-21(13-15-23(25)27(31)32)35-17-11-9-7-5-3-1-2-4-6-8-10-12-18-36-22-14-16-24(28(33)34)26(30)20-22/h13-16,19-20,29-30H,1-12,17-18H2,(H,31,32)(H,33,34). The summed E-state index contributed by atoms with van der Waals surface area (Å²) in [5.41, 5.74) is -0.253. The van der Waals surface area contributed by atoms with Crippen LogP contribution in [0.2, 0.25) is 0 Å². The largest absolute Gasteiger partial charge is 0.507 e. The van der Waals surface area contributed by atoms with Crippen molar-refractivity contribution in [1.29, 1.82) is 0 Å². The number of carbonyl (C=O) groups is 2. The molecule has 0 spiro atoms. The van der Waals surface area contributed by atoms with Gasteiger partial charge in [-0.2, -0.15) is 0 Å². The predicted octanol–water partition coefficient (Wildman–Crippen LogP) is 6.63. The molecule has 0 radical (unpaired) electrons. The second-order valence-corrected chi connectivity index (χ2v) is 8.91. The summed E-state index contributed by atoms with van der Waals surface area (Å²) in [4.78, 5) is 21.8. The van der Waals surface area contributed by atoms with E-state index in [1.807, 2.05) is 0 Å². The molecule has 4 N–H and O–H groups in total. The molecule has 0 fully saturated rings. The molecule has 2 aromatic carbocycles. The molecule has 198 valence electrons. The van der Waals surface area contributed by atoms with Crippen LogP contribution in [0.4, 0.5) is 0 Å². The Balaban J connectivity index is 1.36. The second kappa shape index (κ2) is 16.3. The molecule has 0 saturated carbocycles. The number of phenols is 2. The molecule has 8 heteroatoms. The summed E-state index contributed by atoms with van der Waals surface area (Å²) in [6.45, 7) is 1.10. The normalized spacial score (nSPS) is 10.8. The lowest BCUT2D eigenvalue weighted by atomic mass is 10.1. The van der Waals surface area contributed by atoms with E-state index in [4.69, 9.17) is 19.7 Å². The van der Waals surface area contributed by atoms with Crippen molar-refractivity contribution in [2.24, 2.45) is 0 Å². The van der Waals surface area contributed by atoms with Crippen molar-refractivity contribution in [3.05, 3.63) is 47.5 Å². The van der Waals surface area contributed by atoms with Crippen molar-refractivity contribution in [2.45, 2.75) is 77.0 Å². The van der Waals surface area contributed by atoms with Crippen molar-refractivity contribution in [1.82, 2.24) is 0 Å². The molecule has 0 saturated heterocycles. The number of aromatic carboxylic acids is 2. The Morgan fingerprint density at radius 3 is 1.11 bits per heavy atom. The van der Waals surface area contributed by atoms with Crippen LogP contribution in [0, 0.1) is 0 Å². The summed E-state index contributed by atoms with van der Waals surface area (Å²) < 4.78 is 11.2. The molecule has 0 atom stereocenters. The number of hydrogen-bond acceptors (Lipinski definition) is 6. The van der Waals surface area contributed by atoms with Crippen LogP contribution in [0.5, 0.6) is 23.0 Å². The second-order valence-electron chi connectivity index (χ2n) is 8.91. The molecule has 2 aromatic rings. The summed E-state index contributed by atoms with van der Waals surface area (Å²) in [6.07, 6.45) is 13.8. The van der Waals surface area contributed by atoms with Gasteiger partial charge in [0, 0.05) is 12.1 Å². The Morgan fingerprint density at radius 2 is 0.833 bits per heavy atom. The smallest absolute Gasteiger partial charge is 0.339 e. The van der Waals surface area contributed by atoms with Gasteiger partial charge >= 0.3 is 11.9 Å². The molecule has 0 unspecified atom stereocenters. The average Bonchev–Trinajstić information content (AvgIpc) is 2.83. The van der Waals surface area contributed by atoms with Gasteiger partial charge in [-0.3, -0.25) is 0 Å². The fourth-order valence-electron chi connectivity index (χ4n) is 3.92. The Labute approximate surface area is 212 Å².